The Morgan fingerprint density at radius 2 is 1.56 bits per heavy atom. The highest BCUT2D eigenvalue weighted by molar-refractivity contribution is 6.35. The van der Waals surface area contributed by atoms with Crippen LogP contribution in [0.1, 0.15) is 65.0 Å². The molecule has 172 valence electrons. The lowest BCUT2D eigenvalue weighted by Gasteiger charge is -2.17. The van der Waals surface area contributed by atoms with Gasteiger partial charge in [0, 0.05) is 11.1 Å². The van der Waals surface area contributed by atoms with Crippen molar-refractivity contribution in [1.29, 1.82) is 0 Å². The summed E-state index contributed by atoms with van der Waals surface area (Å²) in [5, 5.41) is 0. The molecule has 7 heteroatoms. The normalized spacial score (nSPS) is 12.5. The SMILES string of the molecule is COc1ccc(C(C)=O)cc1COC(=O)c1ccc2c(c1)C(=O)N(c1cc(C)ccc1C)C2=O. The highest BCUT2D eigenvalue weighted by Gasteiger charge is 2.38. The molecule has 0 radical (unpaired) electrons. The van der Waals surface area contributed by atoms with E-state index in [4.69, 9.17) is 9.47 Å². The van der Waals surface area contributed by atoms with Crippen molar-refractivity contribution in [3.63, 3.8) is 0 Å². The van der Waals surface area contributed by atoms with E-state index in [1.165, 1.54) is 32.2 Å². The molecule has 0 atom stereocenters. The molecule has 7 nitrogen and oxygen atoms in total. The van der Waals surface area contributed by atoms with E-state index in [0.29, 0.717) is 22.6 Å². The van der Waals surface area contributed by atoms with Crippen molar-refractivity contribution in [2.24, 2.45) is 0 Å². The van der Waals surface area contributed by atoms with E-state index in [2.05, 4.69) is 0 Å². The Balaban J connectivity index is 1.57. The molecule has 0 bridgehead atoms. The van der Waals surface area contributed by atoms with E-state index in [1.807, 2.05) is 26.0 Å². The number of ether oxygens (including phenoxy) is 2. The van der Waals surface area contributed by atoms with Crippen molar-refractivity contribution in [2.45, 2.75) is 27.4 Å². The van der Waals surface area contributed by atoms with E-state index in [-0.39, 0.29) is 29.1 Å². The molecule has 1 heterocycles. The number of benzene rings is 3. The topological polar surface area (TPSA) is 90.0 Å². The molecule has 0 aliphatic carbocycles. The first kappa shape index (κ1) is 22.9. The standard InChI is InChI=1S/C27H23NO6/c1-15-5-6-16(2)23(11-15)28-25(30)21-9-7-19(13-22(21)26(28)31)27(32)34-14-20-12-18(17(3)29)8-10-24(20)33-4/h5-13H,14H2,1-4H3. The van der Waals surface area contributed by atoms with E-state index in [0.717, 1.165) is 16.0 Å². The molecule has 1 aliphatic heterocycles. The summed E-state index contributed by atoms with van der Waals surface area (Å²) in [6, 6.07) is 14.7. The van der Waals surface area contributed by atoms with E-state index < -0.39 is 17.8 Å². The number of aryl methyl sites for hydroxylation is 2. The van der Waals surface area contributed by atoms with Gasteiger partial charge < -0.3 is 9.47 Å². The average molecular weight is 457 g/mol. The number of esters is 1. The molecule has 2 amide bonds. The molecule has 0 fully saturated rings. The number of ketones is 1. The number of Topliss-reactive ketones (excluding diaryl/α,β-unsaturated/α-hetero) is 1. The van der Waals surface area contributed by atoms with Gasteiger partial charge in [-0.25, -0.2) is 9.69 Å². The van der Waals surface area contributed by atoms with Crippen LogP contribution in [0.5, 0.6) is 5.75 Å². The van der Waals surface area contributed by atoms with E-state index >= 15 is 0 Å². The summed E-state index contributed by atoms with van der Waals surface area (Å²) in [6.07, 6.45) is 0. The zero-order valence-corrected chi connectivity index (χ0v) is 19.3. The number of anilines is 1. The second-order valence-electron chi connectivity index (χ2n) is 8.15. The van der Waals surface area contributed by atoms with E-state index in [1.54, 1.807) is 24.3 Å². The van der Waals surface area contributed by atoms with Gasteiger partial charge in [0.2, 0.25) is 0 Å². The number of carbonyl (C=O) groups excluding carboxylic acids is 4. The zero-order valence-electron chi connectivity index (χ0n) is 19.3. The minimum Gasteiger partial charge on any atom is -0.496 e. The number of methoxy groups -OCH3 is 1. The Labute approximate surface area is 196 Å². The maximum Gasteiger partial charge on any atom is 0.338 e. The minimum absolute atomic E-state index is 0.120. The van der Waals surface area contributed by atoms with Crippen LogP contribution in [0, 0.1) is 13.8 Å². The highest BCUT2D eigenvalue weighted by Crippen LogP contribution is 2.32. The molecular weight excluding hydrogens is 434 g/mol. The lowest BCUT2D eigenvalue weighted by molar-refractivity contribution is 0.0470. The quantitative estimate of drug-likeness (QED) is 0.304. The van der Waals surface area contributed by atoms with Crippen molar-refractivity contribution in [3.8, 4) is 5.75 Å². The van der Waals surface area contributed by atoms with Crippen LogP contribution in [-0.4, -0.2) is 30.7 Å². The smallest absolute Gasteiger partial charge is 0.338 e. The summed E-state index contributed by atoms with van der Waals surface area (Å²) in [5.74, 6) is -1.22. The van der Waals surface area contributed by atoms with Gasteiger partial charge in [0.05, 0.1) is 29.5 Å². The van der Waals surface area contributed by atoms with Crippen molar-refractivity contribution in [3.05, 3.63) is 93.5 Å². The Morgan fingerprint density at radius 3 is 2.26 bits per heavy atom. The maximum absolute atomic E-state index is 13.1. The van der Waals surface area contributed by atoms with Gasteiger partial charge in [-0.2, -0.15) is 0 Å². The van der Waals surface area contributed by atoms with Crippen LogP contribution in [0.4, 0.5) is 5.69 Å². The van der Waals surface area contributed by atoms with Crippen molar-refractivity contribution >= 4 is 29.3 Å². The fraction of sp³-hybridized carbons (Fsp3) is 0.185. The Hall–Kier alpha value is -4.26. The molecule has 0 aromatic heterocycles. The van der Waals surface area contributed by atoms with Crippen LogP contribution in [0.3, 0.4) is 0 Å². The largest absolute Gasteiger partial charge is 0.496 e. The Morgan fingerprint density at radius 1 is 0.853 bits per heavy atom. The third-order valence-corrected chi connectivity index (χ3v) is 5.77. The first-order valence-electron chi connectivity index (χ1n) is 10.7. The van der Waals surface area contributed by atoms with Gasteiger partial charge in [0.15, 0.2) is 5.78 Å². The van der Waals surface area contributed by atoms with Crippen LogP contribution in [-0.2, 0) is 11.3 Å². The second-order valence-corrected chi connectivity index (χ2v) is 8.15. The summed E-state index contributed by atoms with van der Waals surface area (Å²) in [4.78, 5) is 51.6. The number of rotatable bonds is 6. The molecule has 0 N–H and O–H groups in total. The molecule has 0 spiro atoms. The third-order valence-electron chi connectivity index (χ3n) is 5.77. The molecule has 0 saturated carbocycles. The highest BCUT2D eigenvalue weighted by atomic mass is 16.5. The summed E-state index contributed by atoms with van der Waals surface area (Å²) >= 11 is 0. The van der Waals surface area contributed by atoms with E-state index in [9.17, 15) is 19.2 Å². The van der Waals surface area contributed by atoms with Gasteiger partial charge >= 0.3 is 5.97 Å². The monoisotopic (exact) mass is 457 g/mol. The lowest BCUT2D eigenvalue weighted by Crippen LogP contribution is -2.30. The number of nitrogens with zero attached hydrogens (tertiary/aromatic N) is 1. The predicted octanol–water partition coefficient (Wildman–Crippen LogP) is 4.67. The molecule has 34 heavy (non-hydrogen) atoms. The molecular formula is C27H23NO6. The Bertz CT molecular complexity index is 1360. The number of amides is 2. The average Bonchev–Trinajstić information content (AvgIpc) is 3.08. The summed E-state index contributed by atoms with van der Waals surface area (Å²) in [6.45, 7) is 5.04. The van der Waals surface area contributed by atoms with Gasteiger partial charge in [-0.05, 0) is 74.4 Å². The van der Waals surface area contributed by atoms with Gasteiger partial charge in [0.1, 0.15) is 12.4 Å². The third kappa shape index (κ3) is 4.08. The molecule has 4 rings (SSSR count). The molecule has 3 aromatic carbocycles. The first-order valence-corrected chi connectivity index (χ1v) is 10.7. The van der Waals surface area contributed by atoms with Crippen molar-refractivity contribution < 1.29 is 28.7 Å². The van der Waals surface area contributed by atoms with Crippen LogP contribution in [0.2, 0.25) is 0 Å². The first-order chi connectivity index (χ1) is 16.2. The molecule has 0 saturated heterocycles. The fourth-order valence-corrected chi connectivity index (χ4v) is 3.88. The summed E-state index contributed by atoms with van der Waals surface area (Å²) in [5.41, 5.74) is 3.77. The molecule has 3 aromatic rings. The Kier molecular flexibility index (Phi) is 6.03. The van der Waals surface area contributed by atoms with Crippen molar-refractivity contribution in [1.82, 2.24) is 0 Å². The minimum atomic E-state index is -0.663. The van der Waals surface area contributed by atoms with Gasteiger partial charge in [-0.1, -0.05) is 12.1 Å². The van der Waals surface area contributed by atoms with Crippen LogP contribution in [0.25, 0.3) is 0 Å². The number of hydrogen-bond donors (Lipinski definition) is 0. The van der Waals surface area contributed by atoms with Gasteiger partial charge in [-0.3, -0.25) is 14.4 Å². The number of fused-ring (bicyclic) bond motifs is 1. The number of hydrogen-bond acceptors (Lipinski definition) is 6. The summed E-state index contributed by atoms with van der Waals surface area (Å²) in [7, 11) is 1.49. The van der Waals surface area contributed by atoms with Crippen LogP contribution < -0.4 is 9.64 Å². The second kappa shape index (κ2) is 8.94. The fourth-order valence-electron chi connectivity index (χ4n) is 3.88. The van der Waals surface area contributed by atoms with Gasteiger partial charge in [0.25, 0.3) is 11.8 Å². The lowest BCUT2D eigenvalue weighted by atomic mass is 10.1. The molecule has 0 unspecified atom stereocenters. The van der Waals surface area contributed by atoms with Crippen LogP contribution in [0.15, 0.2) is 54.6 Å². The van der Waals surface area contributed by atoms with Gasteiger partial charge in [-0.15, -0.1) is 0 Å². The number of imide groups is 1. The van der Waals surface area contributed by atoms with Crippen molar-refractivity contribution in [2.75, 3.05) is 12.0 Å². The maximum atomic E-state index is 13.1. The zero-order chi connectivity index (χ0) is 24.6. The summed E-state index contributed by atoms with van der Waals surface area (Å²) < 4.78 is 10.7. The predicted molar refractivity (Wildman–Crippen MR) is 126 cm³/mol. The van der Waals surface area contributed by atoms with Crippen LogP contribution >= 0.6 is 0 Å². The molecule has 1 aliphatic rings. The number of carbonyl (C=O) groups is 4.